The van der Waals surface area contributed by atoms with Crippen molar-refractivity contribution in [3.05, 3.63) is 35.1 Å². The molecular formula is C19H30ClN6+. The third-order valence-electron chi connectivity index (χ3n) is 5.09. The fourth-order valence-corrected chi connectivity index (χ4v) is 4.04. The molecular weight excluding hydrogens is 348 g/mol. The Kier molecular flexibility index (Phi) is 5.53. The smallest absolute Gasteiger partial charge is 0.210 e. The van der Waals surface area contributed by atoms with Crippen LogP contribution in [-0.4, -0.2) is 46.4 Å². The molecule has 0 amide bonds. The first kappa shape index (κ1) is 19.1. The quantitative estimate of drug-likeness (QED) is 0.887. The fourth-order valence-electron chi connectivity index (χ4n) is 3.85. The predicted octanol–water partition coefficient (Wildman–Crippen LogP) is 2.18. The second-order valence-electron chi connectivity index (χ2n) is 8.47. The largest absolute Gasteiger partial charge is 0.360 e. The molecule has 1 aliphatic rings. The maximum Gasteiger partial charge on any atom is 0.210 e. The van der Waals surface area contributed by atoms with Crippen molar-refractivity contribution in [3.8, 4) is 0 Å². The van der Waals surface area contributed by atoms with E-state index in [0.717, 1.165) is 37.0 Å². The Hall–Kier alpha value is -1.66. The zero-order valence-corrected chi connectivity index (χ0v) is 17.2. The second kappa shape index (κ2) is 7.53. The van der Waals surface area contributed by atoms with E-state index in [4.69, 9.17) is 11.6 Å². The van der Waals surface area contributed by atoms with Crippen LogP contribution in [0.4, 0.5) is 5.69 Å². The summed E-state index contributed by atoms with van der Waals surface area (Å²) in [5.41, 5.74) is 1.09. The molecule has 0 radical (unpaired) electrons. The van der Waals surface area contributed by atoms with Gasteiger partial charge in [0, 0.05) is 16.6 Å². The highest BCUT2D eigenvalue weighted by Crippen LogP contribution is 2.23. The van der Waals surface area contributed by atoms with Gasteiger partial charge >= 0.3 is 0 Å². The first-order valence-corrected chi connectivity index (χ1v) is 9.79. The van der Waals surface area contributed by atoms with Gasteiger partial charge in [0.25, 0.3) is 0 Å². The van der Waals surface area contributed by atoms with Crippen LogP contribution >= 0.6 is 11.6 Å². The van der Waals surface area contributed by atoms with Gasteiger partial charge in [0.15, 0.2) is 6.04 Å². The van der Waals surface area contributed by atoms with Gasteiger partial charge in [-0.15, -0.1) is 5.10 Å². The zero-order valence-electron chi connectivity index (χ0n) is 16.4. The number of benzene rings is 1. The molecule has 2 aromatic rings. The fraction of sp³-hybridized carbons (Fsp3) is 0.632. The molecule has 3 rings (SSSR count). The molecule has 0 spiro atoms. The number of halogens is 1. The lowest BCUT2D eigenvalue weighted by Crippen LogP contribution is -3.15. The van der Waals surface area contributed by atoms with Crippen LogP contribution in [0.2, 0.25) is 5.02 Å². The van der Waals surface area contributed by atoms with Crippen LogP contribution in [0.15, 0.2) is 24.3 Å². The van der Waals surface area contributed by atoms with Gasteiger partial charge in [-0.25, -0.2) is 4.68 Å². The molecule has 1 aromatic heterocycles. The summed E-state index contributed by atoms with van der Waals surface area (Å²) < 4.78 is 1.99. The molecule has 1 atom stereocenters. The molecule has 7 heteroatoms. The Bertz CT molecular complexity index is 728. The van der Waals surface area contributed by atoms with Crippen molar-refractivity contribution in [1.29, 1.82) is 0 Å². The lowest BCUT2D eigenvalue weighted by molar-refractivity contribution is -0.937. The molecule has 2 heterocycles. The van der Waals surface area contributed by atoms with Gasteiger partial charge in [-0.05, 0) is 49.4 Å². The normalized spacial score (nSPS) is 17.7. The van der Waals surface area contributed by atoms with Crippen LogP contribution in [-0.2, 0) is 5.54 Å². The van der Waals surface area contributed by atoms with Crippen LogP contribution in [0.5, 0.6) is 0 Å². The highest BCUT2D eigenvalue weighted by molar-refractivity contribution is 6.30. The van der Waals surface area contributed by atoms with Gasteiger partial charge in [-0.1, -0.05) is 31.5 Å². The summed E-state index contributed by atoms with van der Waals surface area (Å²) in [4.78, 5) is 3.97. The summed E-state index contributed by atoms with van der Waals surface area (Å²) in [5, 5.41) is 13.5. The topological polar surface area (TPSA) is 51.3 Å². The standard InChI is InChI=1S/C19H29ClN6/c1-14(2)17(18-21-22-23-26(18)19(3,4)5)25-11-9-24(10-12-25)16-8-6-7-15(20)13-16/h6-8,13-14,17H,9-12H2,1-5H3/p+1/t17-/m1/s1. The van der Waals surface area contributed by atoms with Gasteiger partial charge in [0.1, 0.15) is 0 Å². The van der Waals surface area contributed by atoms with E-state index in [1.165, 1.54) is 5.69 Å². The van der Waals surface area contributed by atoms with E-state index in [0.29, 0.717) is 12.0 Å². The molecule has 0 bridgehead atoms. The number of anilines is 1. The third-order valence-corrected chi connectivity index (χ3v) is 5.33. The Balaban J connectivity index is 1.77. The Morgan fingerprint density at radius 2 is 1.85 bits per heavy atom. The van der Waals surface area contributed by atoms with E-state index in [-0.39, 0.29) is 5.54 Å². The molecule has 1 aliphatic heterocycles. The van der Waals surface area contributed by atoms with Gasteiger partial charge < -0.3 is 9.80 Å². The lowest BCUT2D eigenvalue weighted by Gasteiger charge is -2.39. The third kappa shape index (κ3) is 4.01. The average Bonchev–Trinajstić information content (AvgIpc) is 3.05. The van der Waals surface area contributed by atoms with E-state index in [1.807, 2.05) is 22.9 Å². The number of quaternary nitrogens is 1. The molecule has 142 valence electrons. The second-order valence-corrected chi connectivity index (χ2v) is 8.90. The molecule has 6 nitrogen and oxygen atoms in total. The number of nitrogens with zero attached hydrogens (tertiary/aromatic N) is 5. The summed E-state index contributed by atoms with van der Waals surface area (Å²) in [6.45, 7) is 15.1. The summed E-state index contributed by atoms with van der Waals surface area (Å²) in [7, 11) is 0. The van der Waals surface area contributed by atoms with Gasteiger partial charge in [-0.3, -0.25) is 0 Å². The van der Waals surface area contributed by atoms with Crippen LogP contribution in [0.25, 0.3) is 0 Å². The first-order valence-electron chi connectivity index (χ1n) is 9.41. The minimum atomic E-state index is -0.117. The highest BCUT2D eigenvalue weighted by Gasteiger charge is 2.37. The van der Waals surface area contributed by atoms with Crippen LogP contribution in [0.1, 0.15) is 46.5 Å². The zero-order chi connectivity index (χ0) is 18.9. The highest BCUT2D eigenvalue weighted by atomic mass is 35.5. The first-order chi connectivity index (χ1) is 12.3. The van der Waals surface area contributed by atoms with E-state index in [2.05, 4.69) is 61.1 Å². The average molecular weight is 378 g/mol. The summed E-state index contributed by atoms with van der Waals surface area (Å²) >= 11 is 6.16. The van der Waals surface area contributed by atoms with Crippen LogP contribution in [0.3, 0.4) is 0 Å². The van der Waals surface area contributed by atoms with Gasteiger partial charge in [-0.2, -0.15) is 0 Å². The maximum atomic E-state index is 6.16. The Morgan fingerprint density at radius 1 is 1.15 bits per heavy atom. The van der Waals surface area contributed by atoms with Crippen LogP contribution in [0, 0.1) is 5.92 Å². The number of aromatic nitrogens is 4. The number of tetrazole rings is 1. The van der Waals surface area contributed by atoms with Gasteiger partial charge in [0.05, 0.1) is 31.7 Å². The van der Waals surface area contributed by atoms with Crippen LogP contribution < -0.4 is 9.80 Å². The van der Waals surface area contributed by atoms with Crippen molar-refractivity contribution in [2.75, 3.05) is 31.1 Å². The molecule has 1 fully saturated rings. The minimum absolute atomic E-state index is 0.117. The predicted molar refractivity (Wildman–Crippen MR) is 105 cm³/mol. The van der Waals surface area contributed by atoms with Crippen molar-refractivity contribution < 1.29 is 4.90 Å². The Labute approximate surface area is 161 Å². The molecule has 0 unspecified atom stereocenters. The van der Waals surface area contributed by atoms with E-state index >= 15 is 0 Å². The number of hydrogen-bond donors (Lipinski definition) is 1. The van der Waals surface area contributed by atoms with Crippen molar-refractivity contribution in [2.24, 2.45) is 5.92 Å². The lowest BCUT2D eigenvalue weighted by atomic mass is 9.99. The van der Waals surface area contributed by atoms with E-state index in [1.54, 1.807) is 4.90 Å². The van der Waals surface area contributed by atoms with E-state index in [9.17, 15) is 0 Å². The molecule has 1 aromatic carbocycles. The number of hydrogen-bond acceptors (Lipinski definition) is 4. The molecule has 1 saturated heterocycles. The summed E-state index contributed by atoms with van der Waals surface area (Å²) in [6.07, 6.45) is 0. The van der Waals surface area contributed by atoms with Crippen molar-refractivity contribution in [2.45, 2.75) is 46.2 Å². The molecule has 0 aliphatic carbocycles. The van der Waals surface area contributed by atoms with Crippen molar-refractivity contribution >= 4 is 17.3 Å². The SMILES string of the molecule is CC(C)[C@H](c1nnnn1C(C)(C)C)[NH+]1CCN(c2cccc(Cl)c2)CC1. The van der Waals surface area contributed by atoms with Crippen molar-refractivity contribution in [3.63, 3.8) is 0 Å². The number of nitrogens with one attached hydrogen (secondary N) is 1. The number of rotatable bonds is 4. The number of piperazine rings is 1. The monoisotopic (exact) mass is 377 g/mol. The van der Waals surface area contributed by atoms with Gasteiger partial charge in [0.2, 0.25) is 5.82 Å². The maximum absolute atomic E-state index is 6.16. The molecule has 26 heavy (non-hydrogen) atoms. The molecule has 0 saturated carbocycles. The van der Waals surface area contributed by atoms with Crippen molar-refractivity contribution in [1.82, 2.24) is 20.2 Å². The van der Waals surface area contributed by atoms with E-state index < -0.39 is 0 Å². The minimum Gasteiger partial charge on any atom is -0.360 e. The Morgan fingerprint density at radius 3 is 2.42 bits per heavy atom. The summed E-state index contributed by atoms with van der Waals surface area (Å²) in [6, 6.07) is 8.42. The molecule has 1 N–H and O–H groups in total. The summed E-state index contributed by atoms with van der Waals surface area (Å²) in [5.74, 6) is 1.47.